The first-order chi connectivity index (χ1) is 13.1. The number of rotatable bonds is 6. The predicted octanol–water partition coefficient (Wildman–Crippen LogP) is 4.28. The molecule has 3 rings (SSSR count). The van der Waals surface area contributed by atoms with Crippen molar-refractivity contribution in [3.8, 4) is 0 Å². The van der Waals surface area contributed by atoms with E-state index in [1.165, 1.54) is 32.1 Å². The van der Waals surface area contributed by atoms with Gasteiger partial charge in [0.1, 0.15) is 6.61 Å². The summed E-state index contributed by atoms with van der Waals surface area (Å²) >= 11 is 0. The van der Waals surface area contributed by atoms with Gasteiger partial charge in [-0.05, 0) is 55.9 Å². The van der Waals surface area contributed by atoms with Crippen LogP contribution in [0.5, 0.6) is 0 Å². The Morgan fingerprint density at radius 1 is 1.00 bits per heavy atom. The molecular weight excluding hydrogens is 340 g/mol. The third-order valence-electron chi connectivity index (χ3n) is 5.71. The molecular formula is C22H32N2O3. The summed E-state index contributed by atoms with van der Waals surface area (Å²) in [7, 11) is 0. The van der Waals surface area contributed by atoms with Crippen molar-refractivity contribution in [1.29, 1.82) is 0 Å². The highest BCUT2D eigenvalue weighted by molar-refractivity contribution is 5.96. The lowest BCUT2D eigenvalue weighted by molar-refractivity contribution is -0.123. The van der Waals surface area contributed by atoms with Crippen LogP contribution in [0.1, 0.15) is 75.1 Å². The maximum atomic E-state index is 12.3. The molecule has 0 spiro atoms. The molecule has 2 aliphatic rings. The van der Waals surface area contributed by atoms with Crippen molar-refractivity contribution in [2.24, 2.45) is 5.92 Å². The van der Waals surface area contributed by atoms with E-state index >= 15 is 0 Å². The number of hydrogen-bond acceptors (Lipinski definition) is 3. The molecule has 1 aromatic carbocycles. The van der Waals surface area contributed by atoms with E-state index in [1.807, 2.05) is 0 Å². The Bertz CT molecular complexity index is 623. The van der Waals surface area contributed by atoms with Gasteiger partial charge in [-0.25, -0.2) is 0 Å². The Balaban J connectivity index is 1.42. The third kappa shape index (κ3) is 6.35. The molecule has 148 valence electrons. The Morgan fingerprint density at radius 3 is 2.44 bits per heavy atom. The molecule has 5 nitrogen and oxygen atoms in total. The van der Waals surface area contributed by atoms with Gasteiger partial charge in [0.2, 0.25) is 5.91 Å². The molecule has 2 amide bonds. The van der Waals surface area contributed by atoms with E-state index in [4.69, 9.17) is 4.74 Å². The van der Waals surface area contributed by atoms with Crippen LogP contribution in [0.4, 0.5) is 5.69 Å². The SMILES string of the molecule is CC1CCCC(OCC(=O)Nc2ccc(C(=O)NC3CCCCC3)cc2)C1. The number of nitrogens with one attached hydrogen (secondary N) is 2. The van der Waals surface area contributed by atoms with E-state index in [0.29, 0.717) is 23.2 Å². The topological polar surface area (TPSA) is 67.4 Å². The third-order valence-corrected chi connectivity index (χ3v) is 5.71. The minimum absolute atomic E-state index is 0.0328. The van der Waals surface area contributed by atoms with Crippen LogP contribution in [0, 0.1) is 5.92 Å². The zero-order valence-electron chi connectivity index (χ0n) is 16.3. The zero-order chi connectivity index (χ0) is 19.1. The first-order valence-electron chi connectivity index (χ1n) is 10.4. The Morgan fingerprint density at radius 2 is 1.74 bits per heavy atom. The second-order valence-electron chi connectivity index (χ2n) is 8.14. The van der Waals surface area contributed by atoms with Gasteiger partial charge in [0.15, 0.2) is 0 Å². The summed E-state index contributed by atoms with van der Waals surface area (Å²) in [6, 6.07) is 7.37. The van der Waals surface area contributed by atoms with Gasteiger partial charge in [-0.2, -0.15) is 0 Å². The highest BCUT2D eigenvalue weighted by atomic mass is 16.5. The molecule has 2 N–H and O–H groups in total. The van der Waals surface area contributed by atoms with E-state index < -0.39 is 0 Å². The summed E-state index contributed by atoms with van der Waals surface area (Å²) in [5.74, 6) is 0.501. The number of anilines is 1. The molecule has 2 aliphatic carbocycles. The molecule has 0 radical (unpaired) electrons. The molecule has 2 atom stereocenters. The summed E-state index contributed by atoms with van der Waals surface area (Å²) in [6.07, 6.45) is 10.5. The van der Waals surface area contributed by atoms with E-state index in [2.05, 4.69) is 17.6 Å². The van der Waals surface area contributed by atoms with Crippen molar-refractivity contribution in [2.45, 2.75) is 76.9 Å². The lowest BCUT2D eigenvalue weighted by Gasteiger charge is -2.26. The quantitative estimate of drug-likeness (QED) is 0.783. The predicted molar refractivity (Wildman–Crippen MR) is 107 cm³/mol. The van der Waals surface area contributed by atoms with Crippen LogP contribution in [0.3, 0.4) is 0 Å². The molecule has 2 unspecified atom stereocenters. The summed E-state index contributed by atoms with van der Waals surface area (Å²) < 4.78 is 5.76. The molecule has 1 aromatic rings. The lowest BCUT2D eigenvalue weighted by atomic mass is 9.89. The largest absolute Gasteiger partial charge is 0.368 e. The number of amides is 2. The van der Waals surface area contributed by atoms with Gasteiger partial charge in [-0.3, -0.25) is 9.59 Å². The molecule has 0 aliphatic heterocycles. The molecule has 2 fully saturated rings. The standard InChI is InChI=1S/C22H32N2O3/c1-16-6-5-9-20(14-16)27-15-21(25)23-19-12-10-17(11-13-19)22(26)24-18-7-3-2-4-8-18/h10-13,16,18,20H,2-9,14-15H2,1H3,(H,23,25)(H,24,26). The average molecular weight is 373 g/mol. The fourth-order valence-corrected chi connectivity index (χ4v) is 4.14. The summed E-state index contributed by atoms with van der Waals surface area (Å²) in [5, 5.41) is 5.95. The highest BCUT2D eigenvalue weighted by Crippen LogP contribution is 2.25. The Hall–Kier alpha value is -1.88. The molecule has 0 heterocycles. The molecule has 2 saturated carbocycles. The average Bonchev–Trinajstić information content (AvgIpc) is 2.68. The van der Waals surface area contributed by atoms with Crippen molar-refractivity contribution >= 4 is 17.5 Å². The van der Waals surface area contributed by atoms with E-state index in [1.54, 1.807) is 24.3 Å². The van der Waals surface area contributed by atoms with Crippen LogP contribution >= 0.6 is 0 Å². The number of hydrogen-bond donors (Lipinski definition) is 2. The molecule has 5 heteroatoms. The van der Waals surface area contributed by atoms with E-state index in [0.717, 1.165) is 25.7 Å². The fraction of sp³-hybridized carbons (Fsp3) is 0.636. The maximum absolute atomic E-state index is 12.3. The van der Waals surface area contributed by atoms with Crippen LogP contribution in [0.15, 0.2) is 24.3 Å². The summed E-state index contributed by atoms with van der Waals surface area (Å²) in [6.45, 7) is 2.32. The Labute approximate surface area is 162 Å². The van der Waals surface area contributed by atoms with Crippen molar-refractivity contribution in [3.05, 3.63) is 29.8 Å². The summed E-state index contributed by atoms with van der Waals surface area (Å²) in [5.41, 5.74) is 1.32. The van der Waals surface area contributed by atoms with Crippen LogP contribution in [-0.4, -0.2) is 30.6 Å². The second kappa shape index (κ2) is 9.88. The molecule has 0 aromatic heterocycles. The van der Waals surface area contributed by atoms with Crippen molar-refractivity contribution in [3.63, 3.8) is 0 Å². The van der Waals surface area contributed by atoms with Crippen LogP contribution in [0.2, 0.25) is 0 Å². The minimum atomic E-state index is -0.146. The Kier molecular flexibility index (Phi) is 7.27. The van der Waals surface area contributed by atoms with Crippen LogP contribution in [-0.2, 0) is 9.53 Å². The first-order valence-corrected chi connectivity index (χ1v) is 10.4. The molecule has 27 heavy (non-hydrogen) atoms. The number of benzene rings is 1. The monoisotopic (exact) mass is 372 g/mol. The number of carbonyl (C=O) groups excluding carboxylic acids is 2. The first kappa shape index (κ1) is 19.9. The van der Waals surface area contributed by atoms with Crippen molar-refractivity contribution in [1.82, 2.24) is 5.32 Å². The number of ether oxygens (including phenoxy) is 1. The van der Waals surface area contributed by atoms with Gasteiger partial charge in [0.05, 0.1) is 6.10 Å². The zero-order valence-corrected chi connectivity index (χ0v) is 16.3. The normalized spacial score (nSPS) is 23.6. The molecule has 0 saturated heterocycles. The van der Waals surface area contributed by atoms with Gasteiger partial charge in [-0.1, -0.05) is 39.0 Å². The van der Waals surface area contributed by atoms with Crippen molar-refractivity contribution in [2.75, 3.05) is 11.9 Å². The van der Waals surface area contributed by atoms with E-state index in [-0.39, 0.29) is 24.5 Å². The van der Waals surface area contributed by atoms with Gasteiger partial charge in [0, 0.05) is 17.3 Å². The van der Waals surface area contributed by atoms with Crippen LogP contribution < -0.4 is 10.6 Å². The van der Waals surface area contributed by atoms with Crippen LogP contribution in [0.25, 0.3) is 0 Å². The maximum Gasteiger partial charge on any atom is 0.251 e. The fourth-order valence-electron chi connectivity index (χ4n) is 4.14. The molecule has 0 bridgehead atoms. The second-order valence-corrected chi connectivity index (χ2v) is 8.14. The minimum Gasteiger partial charge on any atom is -0.368 e. The smallest absolute Gasteiger partial charge is 0.251 e. The van der Waals surface area contributed by atoms with Crippen molar-refractivity contribution < 1.29 is 14.3 Å². The lowest BCUT2D eigenvalue weighted by Crippen LogP contribution is -2.36. The van der Waals surface area contributed by atoms with Gasteiger partial charge in [0.25, 0.3) is 5.91 Å². The highest BCUT2D eigenvalue weighted by Gasteiger charge is 2.20. The van der Waals surface area contributed by atoms with E-state index in [9.17, 15) is 9.59 Å². The van der Waals surface area contributed by atoms with Gasteiger partial charge in [-0.15, -0.1) is 0 Å². The van der Waals surface area contributed by atoms with Gasteiger partial charge < -0.3 is 15.4 Å². The van der Waals surface area contributed by atoms with Gasteiger partial charge >= 0.3 is 0 Å². The number of carbonyl (C=O) groups is 2. The summed E-state index contributed by atoms with van der Waals surface area (Å²) in [4.78, 5) is 24.4.